The van der Waals surface area contributed by atoms with Crippen molar-refractivity contribution in [3.05, 3.63) is 97.2 Å². The van der Waals surface area contributed by atoms with E-state index in [2.05, 4.69) is 104 Å². The van der Waals surface area contributed by atoms with Crippen LogP contribution in [0, 0.1) is 0 Å². The van der Waals surface area contributed by atoms with Crippen molar-refractivity contribution >= 4 is 5.91 Å². The fourth-order valence-corrected chi connectivity index (χ4v) is 9.84. The smallest absolute Gasteiger partial charge is 0.220 e. The van der Waals surface area contributed by atoms with E-state index in [-0.39, 0.29) is 12.5 Å². The van der Waals surface area contributed by atoms with Gasteiger partial charge >= 0.3 is 0 Å². The van der Waals surface area contributed by atoms with E-state index in [1.54, 1.807) is 6.08 Å². The lowest BCUT2D eigenvalue weighted by molar-refractivity contribution is -0.302. The van der Waals surface area contributed by atoms with Crippen LogP contribution in [-0.2, 0) is 14.3 Å². The van der Waals surface area contributed by atoms with Crippen molar-refractivity contribution in [3.8, 4) is 0 Å². The highest BCUT2D eigenvalue weighted by molar-refractivity contribution is 5.76. The summed E-state index contributed by atoms with van der Waals surface area (Å²) >= 11 is 0. The van der Waals surface area contributed by atoms with Gasteiger partial charge < -0.3 is 40.3 Å². The van der Waals surface area contributed by atoms with Crippen molar-refractivity contribution in [1.82, 2.24) is 5.32 Å². The number of hydrogen-bond donors (Lipinski definition) is 6. The molecule has 0 aliphatic carbocycles. The van der Waals surface area contributed by atoms with Gasteiger partial charge in [0.05, 0.1) is 25.4 Å². The monoisotopic (exact) mass is 1090 g/mol. The molecule has 0 aromatic carbocycles. The van der Waals surface area contributed by atoms with Gasteiger partial charge in [-0.25, -0.2) is 0 Å². The Labute approximate surface area is 479 Å². The van der Waals surface area contributed by atoms with Crippen LogP contribution in [0.2, 0.25) is 0 Å². The summed E-state index contributed by atoms with van der Waals surface area (Å²) in [6.45, 7) is 3.67. The van der Waals surface area contributed by atoms with E-state index in [4.69, 9.17) is 9.47 Å². The predicted octanol–water partition coefficient (Wildman–Crippen LogP) is 17.1. The first-order chi connectivity index (χ1) is 38.3. The number of allylic oxidation sites excluding steroid dienone is 15. The lowest BCUT2D eigenvalue weighted by atomic mass is 9.99. The Bertz CT molecular complexity index is 1550. The van der Waals surface area contributed by atoms with Gasteiger partial charge in [-0.15, -0.1) is 0 Å². The number of rotatable bonds is 55. The number of unbranched alkanes of at least 4 members (excludes halogenated alkanes) is 31. The Morgan fingerprint density at radius 2 is 0.795 bits per heavy atom. The van der Waals surface area contributed by atoms with Crippen molar-refractivity contribution in [3.63, 3.8) is 0 Å². The molecule has 0 saturated carbocycles. The zero-order valence-corrected chi connectivity index (χ0v) is 50.1. The van der Waals surface area contributed by atoms with Gasteiger partial charge in [-0.2, -0.15) is 0 Å². The molecule has 1 rings (SSSR count). The average molecular weight is 1090 g/mol. The number of amides is 1. The lowest BCUT2D eigenvalue weighted by Crippen LogP contribution is -2.60. The summed E-state index contributed by atoms with van der Waals surface area (Å²) in [6.07, 6.45) is 76.3. The van der Waals surface area contributed by atoms with E-state index < -0.39 is 49.5 Å². The maximum Gasteiger partial charge on any atom is 0.220 e. The molecule has 9 heteroatoms. The van der Waals surface area contributed by atoms with Crippen LogP contribution in [0.25, 0.3) is 0 Å². The molecular formula is C69H121NO8. The van der Waals surface area contributed by atoms with Crippen molar-refractivity contribution < 1.29 is 39.8 Å². The minimum absolute atomic E-state index is 0.197. The zero-order chi connectivity index (χ0) is 56.5. The van der Waals surface area contributed by atoms with E-state index in [1.807, 2.05) is 6.08 Å². The quantitative estimate of drug-likeness (QED) is 0.0261. The molecule has 7 atom stereocenters. The molecule has 0 aromatic rings. The summed E-state index contributed by atoms with van der Waals surface area (Å²) in [4.78, 5) is 13.1. The Kier molecular flexibility index (Phi) is 53.8. The minimum atomic E-state index is -1.58. The van der Waals surface area contributed by atoms with Crippen LogP contribution in [0.4, 0.5) is 0 Å². The molecule has 9 nitrogen and oxygen atoms in total. The predicted molar refractivity (Wildman–Crippen MR) is 331 cm³/mol. The van der Waals surface area contributed by atoms with Crippen LogP contribution >= 0.6 is 0 Å². The molecule has 1 heterocycles. The number of nitrogens with one attached hydrogen (secondary N) is 1. The molecule has 1 fully saturated rings. The first kappa shape index (κ1) is 73.1. The second-order valence-corrected chi connectivity index (χ2v) is 22.2. The molecular weight excluding hydrogens is 971 g/mol. The van der Waals surface area contributed by atoms with Gasteiger partial charge in [0.15, 0.2) is 6.29 Å². The molecule has 7 unspecified atom stereocenters. The Morgan fingerprint density at radius 1 is 0.449 bits per heavy atom. The molecule has 6 N–H and O–H groups in total. The fourth-order valence-electron chi connectivity index (χ4n) is 9.84. The number of carbonyl (C=O) groups excluding carboxylic acids is 1. The lowest BCUT2D eigenvalue weighted by Gasteiger charge is -2.40. The number of carbonyl (C=O) groups is 1. The van der Waals surface area contributed by atoms with Crippen LogP contribution in [0.1, 0.15) is 277 Å². The van der Waals surface area contributed by atoms with Crippen molar-refractivity contribution in [1.29, 1.82) is 0 Å². The van der Waals surface area contributed by atoms with Crippen molar-refractivity contribution in [2.45, 2.75) is 320 Å². The van der Waals surface area contributed by atoms with Crippen molar-refractivity contribution in [2.75, 3.05) is 13.2 Å². The van der Waals surface area contributed by atoms with Crippen LogP contribution in [0.3, 0.4) is 0 Å². The van der Waals surface area contributed by atoms with E-state index in [9.17, 15) is 30.3 Å². The molecule has 1 aliphatic rings. The third-order valence-corrected chi connectivity index (χ3v) is 14.9. The molecule has 0 bridgehead atoms. The summed E-state index contributed by atoms with van der Waals surface area (Å²) < 4.78 is 11.3. The third kappa shape index (κ3) is 45.8. The van der Waals surface area contributed by atoms with Crippen LogP contribution in [-0.4, -0.2) is 87.5 Å². The highest BCUT2D eigenvalue weighted by Crippen LogP contribution is 2.23. The number of aliphatic hydroxyl groups is 5. The van der Waals surface area contributed by atoms with Gasteiger partial charge in [-0.05, 0) is 77.0 Å². The maximum atomic E-state index is 13.1. The highest BCUT2D eigenvalue weighted by Gasteiger charge is 2.44. The van der Waals surface area contributed by atoms with E-state index in [0.29, 0.717) is 6.42 Å². The van der Waals surface area contributed by atoms with Crippen LogP contribution < -0.4 is 5.32 Å². The summed E-state index contributed by atoms with van der Waals surface area (Å²) in [5, 5.41) is 54.7. The van der Waals surface area contributed by atoms with Gasteiger partial charge in [0, 0.05) is 6.42 Å². The molecule has 78 heavy (non-hydrogen) atoms. The highest BCUT2D eigenvalue weighted by atomic mass is 16.7. The standard InChI is InChI=1S/C69H121NO8/c1-3-5-7-9-11-13-15-17-19-21-23-25-27-29-31-33-34-36-38-40-42-44-46-48-50-52-54-56-58-63(72)62(61-77-69-68(76)67(75)66(74)64(60-71)78-69)70-65(73)59-57-55-53-51-49-47-45-43-41-39-37-35-32-30-28-26-24-22-20-18-16-14-12-10-8-6-4-2/h6,8,12,14,18,20,24,26,30,32,37,39,43,45,56,58,62-64,66-69,71-72,74-76H,3-5,7,9-11,13,15-17,19,21-23,25,27-29,31,33-36,38,40-42,44,46-55,57,59-61H2,1-2H3,(H,70,73)/b8-6-,14-12-,20-18-,26-24-,32-30-,39-37-,45-43-,58-56+. The molecule has 1 saturated heterocycles. The van der Waals surface area contributed by atoms with Gasteiger partial charge in [0.25, 0.3) is 0 Å². The SMILES string of the molecule is CC/C=C\C/C=C\C/C=C\C/C=C\C/C=C\C/C=C\C/C=C\CCCCCCCC(=O)NC(COC1OC(CO)C(O)C(O)C1O)C(O)/C=C/CCCCCCCCCCCCCCCCCCCCCCCCCCCC. The Morgan fingerprint density at radius 3 is 1.18 bits per heavy atom. The maximum absolute atomic E-state index is 13.1. The number of aliphatic hydroxyl groups excluding tert-OH is 5. The molecule has 0 radical (unpaired) electrons. The van der Waals surface area contributed by atoms with Gasteiger partial charge in [0.2, 0.25) is 5.91 Å². The number of hydrogen-bond acceptors (Lipinski definition) is 8. The Hall–Kier alpha value is -2.89. The molecule has 0 aromatic heterocycles. The fraction of sp³-hybridized carbons (Fsp3) is 0.754. The number of ether oxygens (including phenoxy) is 2. The molecule has 1 amide bonds. The second kappa shape index (κ2) is 57.3. The minimum Gasteiger partial charge on any atom is -0.394 e. The summed E-state index contributed by atoms with van der Waals surface area (Å²) in [6, 6.07) is -0.824. The summed E-state index contributed by atoms with van der Waals surface area (Å²) in [7, 11) is 0. The van der Waals surface area contributed by atoms with Gasteiger partial charge in [-0.3, -0.25) is 4.79 Å². The molecule has 450 valence electrons. The van der Waals surface area contributed by atoms with E-state index in [0.717, 1.165) is 103 Å². The average Bonchev–Trinajstić information content (AvgIpc) is 3.45. The van der Waals surface area contributed by atoms with Gasteiger partial charge in [0.1, 0.15) is 24.4 Å². The first-order valence-corrected chi connectivity index (χ1v) is 32.5. The molecule has 0 spiro atoms. The third-order valence-electron chi connectivity index (χ3n) is 14.9. The van der Waals surface area contributed by atoms with Crippen LogP contribution in [0.5, 0.6) is 0 Å². The summed E-state index contributed by atoms with van der Waals surface area (Å²) in [5.74, 6) is -0.197. The van der Waals surface area contributed by atoms with Crippen LogP contribution in [0.15, 0.2) is 97.2 Å². The normalized spacial score (nSPS) is 19.3. The van der Waals surface area contributed by atoms with Gasteiger partial charge in [-0.1, -0.05) is 291 Å². The first-order valence-electron chi connectivity index (χ1n) is 32.5. The molecule has 1 aliphatic heterocycles. The Balaban J connectivity index is 2.21. The summed E-state index contributed by atoms with van der Waals surface area (Å²) in [5.41, 5.74) is 0. The topological polar surface area (TPSA) is 149 Å². The zero-order valence-electron chi connectivity index (χ0n) is 50.1. The van der Waals surface area contributed by atoms with E-state index >= 15 is 0 Å². The largest absolute Gasteiger partial charge is 0.394 e. The second-order valence-electron chi connectivity index (χ2n) is 22.2. The van der Waals surface area contributed by atoms with Crippen molar-refractivity contribution in [2.24, 2.45) is 0 Å². The van der Waals surface area contributed by atoms with E-state index in [1.165, 1.54) is 154 Å².